The monoisotopic (exact) mass is 202 g/mol. The van der Waals surface area contributed by atoms with Gasteiger partial charge in [0.2, 0.25) is 0 Å². The zero-order chi connectivity index (χ0) is 11.2. The lowest BCUT2D eigenvalue weighted by atomic mass is 9.95. The summed E-state index contributed by atoms with van der Waals surface area (Å²) in [5.41, 5.74) is -0.772. The third kappa shape index (κ3) is 4.58. The molecule has 4 nitrogen and oxygen atoms in total. The van der Waals surface area contributed by atoms with E-state index in [1.54, 1.807) is 14.0 Å². The van der Waals surface area contributed by atoms with Crippen molar-refractivity contribution in [1.29, 1.82) is 0 Å². The minimum atomic E-state index is -0.773. The van der Waals surface area contributed by atoms with E-state index in [0.29, 0.717) is 6.42 Å². The van der Waals surface area contributed by atoms with Crippen LogP contribution in [0.5, 0.6) is 0 Å². The van der Waals surface area contributed by atoms with Gasteiger partial charge in [-0.2, -0.15) is 0 Å². The van der Waals surface area contributed by atoms with Gasteiger partial charge in [0.1, 0.15) is 5.54 Å². The molecule has 4 heteroatoms. The molecule has 0 aliphatic rings. The molecule has 0 saturated carbocycles. The molecule has 0 aromatic heterocycles. The summed E-state index contributed by atoms with van der Waals surface area (Å²) in [4.78, 5) is 13.0. The Hall–Kier alpha value is -0.610. The SMILES string of the molecule is CNC(C)(CCCCN(C)C)C(=O)O. The van der Waals surface area contributed by atoms with Crippen molar-refractivity contribution in [2.24, 2.45) is 0 Å². The second kappa shape index (κ2) is 5.98. The summed E-state index contributed by atoms with van der Waals surface area (Å²) in [5, 5.41) is 11.8. The Morgan fingerprint density at radius 3 is 2.36 bits per heavy atom. The first kappa shape index (κ1) is 13.4. The number of hydrogen-bond donors (Lipinski definition) is 2. The Morgan fingerprint density at radius 1 is 1.43 bits per heavy atom. The second-order valence-corrected chi connectivity index (χ2v) is 4.15. The Labute approximate surface area is 86.3 Å². The molecule has 0 heterocycles. The van der Waals surface area contributed by atoms with Crippen LogP contribution >= 0.6 is 0 Å². The lowest BCUT2D eigenvalue weighted by molar-refractivity contribution is -0.144. The predicted molar refractivity (Wildman–Crippen MR) is 57.5 cm³/mol. The van der Waals surface area contributed by atoms with Gasteiger partial charge in [-0.15, -0.1) is 0 Å². The Bertz CT molecular complexity index is 183. The van der Waals surface area contributed by atoms with E-state index < -0.39 is 11.5 Å². The van der Waals surface area contributed by atoms with Crippen molar-refractivity contribution in [3.63, 3.8) is 0 Å². The highest BCUT2D eigenvalue weighted by atomic mass is 16.4. The average molecular weight is 202 g/mol. The largest absolute Gasteiger partial charge is 0.480 e. The molecule has 0 aliphatic carbocycles. The molecule has 84 valence electrons. The number of carbonyl (C=O) groups is 1. The summed E-state index contributed by atoms with van der Waals surface area (Å²) < 4.78 is 0. The van der Waals surface area contributed by atoms with E-state index in [1.807, 2.05) is 14.1 Å². The number of carboxylic acid groups (broad SMARTS) is 1. The lowest BCUT2D eigenvalue weighted by Gasteiger charge is -2.24. The quantitative estimate of drug-likeness (QED) is 0.599. The van der Waals surface area contributed by atoms with Crippen LogP contribution in [0.25, 0.3) is 0 Å². The van der Waals surface area contributed by atoms with Crippen LogP contribution in [-0.4, -0.2) is 49.2 Å². The first-order valence-electron chi connectivity index (χ1n) is 4.99. The van der Waals surface area contributed by atoms with E-state index in [2.05, 4.69) is 10.2 Å². The molecule has 0 bridgehead atoms. The number of nitrogens with zero attached hydrogens (tertiary/aromatic N) is 1. The molecule has 0 aromatic rings. The smallest absolute Gasteiger partial charge is 0.323 e. The van der Waals surface area contributed by atoms with Gasteiger partial charge in [0.15, 0.2) is 0 Å². The second-order valence-electron chi connectivity index (χ2n) is 4.15. The van der Waals surface area contributed by atoms with Gasteiger partial charge in [0.05, 0.1) is 0 Å². The molecule has 0 spiro atoms. The van der Waals surface area contributed by atoms with Crippen LogP contribution in [-0.2, 0) is 4.79 Å². The summed E-state index contributed by atoms with van der Waals surface area (Å²) >= 11 is 0. The van der Waals surface area contributed by atoms with Crippen molar-refractivity contribution >= 4 is 5.97 Å². The number of hydrogen-bond acceptors (Lipinski definition) is 3. The summed E-state index contributed by atoms with van der Waals surface area (Å²) in [6.07, 6.45) is 2.64. The number of carboxylic acids is 1. The number of likely N-dealkylation sites (N-methyl/N-ethyl adjacent to an activating group) is 1. The number of unbranched alkanes of at least 4 members (excludes halogenated alkanes) is 1. The zero-order valence-corrected chi connectivity index (χ0v) is 9.63. The maximum atomic E-state index is 10.9. The number of nitrogens with one attached hydrogen (secondary N) is 1. The van der Waals surface area contributed by atoms with E-state index >= 15 is 0 Å². The van der Waals surface area contributed by atoms with E-state index in [1.165, 1.54) is 0 Å². The van der Waals surface area contributed by atoms with Crippen molar-refractivity contribution < 1.29 is 9.90 Å². The average Bonchev–Trinajstić information content (AvgIpc) is 2.11. The maximum absolute atomic E-state index is 10.9. The molecule has 0 amide bonds. The van der Waals surface area contributed by atoms with Crippen LogP contribution in [0.1, 0.15) is 26.2 Å². The van der Waals surface area contributed by atoms with Gasteiger partial charge >= 0.3 is 5.97 Å². The van der Waals surface area contributed by atoms with Crippen molar-refractivity contribution in [2.45, 2.75) is 31.7 Å². The molecule has 1 unspecified atom stereocenters. The van der Waals surface area contributed by atoms with Crippen LogP contribution in [0, 0.1) is 0 Å². The van der Waals surface area contributed by atoms with Crippen LogP contribution < -0.4 is 5.32 Å². The molecule has 0 fully saturated rings. The van der Waals surface area contributed by atoms with Gasteiger partial charge in [-0.1, -0.05) is 0 Å². The fourth-order valence-corrected chi connectivity index (χ4v) is 1.25. The minimum absolute atomic E-state index is 0.673. The molecule has 0 aliphatic heterocycles. The third-order valence-electron chi connectivity index (χ3n) is 2.56. The van der Waals surface area contributed by atoms with Crippen molar-refractivity contribution in [3.8, 4) is 0 Å². The van der Waals surface area contributed by atoms with Crippen LogP contribution in [0.4, 0.5) is 0 Å². The van der Waals surface area contributed by atoms with Crippen molar-refractivity contribution in [2.75, 3.05) is 27.7 Å². The molecule has 0 rings (SSSR count). The van der Waals surface area contributed by atoms with Crippen LogP contribution in [0.15, 0.2) is 0 Å². The maximum Gasteiger partial charge on any atom is 0.323 e. The van der Waals surface area contributed by atoms with Crippen molar-refractivity contribution in [3.05, 3.63) is 0 Å². The highest BCUT2D eigenvalue weighted by molar-refractivity contribution is 5.78. The Kier molecular flexibility index (Phi) is 5.72. The molecule has 14 heavy (non-hydrogen) atoms. The lowest BCUT2D eigenvalue weighted by Crippen LogP contribution is -2.47. The van der Waals surface area contributed by atoms with Gasteiger partial charge in [-0.05, 0) is 53.9 Å². The Balaban J connectivity index is 3.79. The van der Waals surface area contributed by atoms with E-state index in [-0.39, 0.29) is 0 Å². The van der Waals surface area contributed by atoms with Gasteiger partial charge in [0, 0.05) is 0 Å². The molecular weight excluding hydrogens is 180 g/mol. The number of rotatable bonds is 7. The zero-order valence-electron chi connectivity index (χ0n) is 9.63. The molecule has 0 aromatic carbocycles. The van der Waals surface area contributed by atoms with E-state index in [4.69, 9.17) is 5.11 Å². The summed E-state index contributed by atoms with van der Waals surface area (Å²) in [6.45, 7) is 2.74. The van der Waals surface area contributed by atoms with Gasteiger partial charge in [-0.25, -0.2) is 0 Å². The fraction of sp³-hybridized carbons (Fsp3) is 0.900. The van der Waals surface area contributed by atoms with Crippen LogP contribution in [0.2, 0.25) is 0 Å². The molecular formula is C10H22N2O2. The predicted octanol–water partition coefficient (Wildman–Crippen LogP) is 0.781. The third-order valence-corrected chi connectivity index (χ3v) is 2.56. The van der Waals surface area contributed by atoms with E-state index in [9.17, 15) is 4.79 Å². The molecule has 0 saturated heterocycles. The molecule has 0 radical (unpaired) electrons. The van der Waals surface area contributed by atoms with Crippen molar-refractivity contribution in [1.82, 2.24) is 10.2 Å². The van der Waals surface area contributed by atoms with E-state index in [0.717, 1.165) is 19.4 Å². The first-order valence-corrected chi connectivity index (χ1v) is 4.99. The Morgan fingerprint density at radius 2 is 2.00 bits per heavy atom. The molecule has 2 N–H and O–H groups in total. The highest BCUT2D eigenvalue weighted by Gasteiger charge is 2.29. The van der Waals surface area contributed by atoms with Gasteiger partial charge < -0.3 is 15.3 Å². The first-order chi connectivity index (χ1) is 6.42. The fourth-order valence-electron chi connectivity index (χ4n) is 1.25. The summed E-state index contributed by atoms with van der Waals surface area (Å²) in [7, 11) is 5.74. The summed E-state index contributed by atoms with van der Waals surface area (Å²) in [6, 6.07) is 0. The normalized spacial score (nSPS) is 15.5. The number of aliphatic carboxylic acids is 1. The molecule has 1 atom stereocenters. The van der Waals surface area contributed by atoms with Gasteiger partial charge in [-0.3, -0.25) is 4.79 Å². The summed E-state index contributed by atoms with van der Waals surface area (Å²) in [5.74, 6) is -0.773. The minimum Gasteiger partial charge on any atom is -0.480 e. The van der Waals surface area contributed by atoms with Crippen LogP contribution in [0.3, 0.4) is 0 Å². The topological polar surface area (TPSA) is 52.6 Å². The highest BCUT2D eigenvalue weighted by Crippen LogP contribution is 2.13. The standard InChI is InChI=1S/C10H22N2O2/c1-10(11-2,9(13)14)7-5-6-8-12(3)4/h11H,5-8H2,1-4H3,(H,13,14). The van der Waals surface area contributed by atoms with Gasteiger partial charge in [0.25, 0.3) is 0 Å².